The molecule has 6 nitrogen and oxygen atoms in total. The lowest BCUT2D eigenvalue weighted by Crippen LogP contribution is -2.00. The van der Waals surface area contributed by atoms with Crippen LogP contribution in [0.15, 0.2) is 46.9 Å². The Balaban J connectivity index is 1.72. The Morgan fingerprint density at radius 3 is 2.76 bits per heavy atom. The maximum absolute atomic E-state index is 6.33. The number of nitrogens with zero attached hydrogens (tertiary/aromatic N) is 2. The van der Waals surface area contributed by atoms with Crippen LogP contribution in [-0.2, 0) is 0 Å². The second-order valence-electron chi connectivity index (χ2n) is 5.84. The summed E-state index contributed by atoms with van der Waals surface area (Å²) in [6.45, 7) is 4.84. The summed E-state index contributed by atoms with van der Waals surface area (Å²) in [6.07, 6.45) is 1.66. The van der Waals surface area contributed by atoms with Crippen LogP contribution >= 0.6 is 22.9 Å². The molecule has 2 aromatic carbocycles. The molecule has 0 aliphatic rings. The Kier molecular flexibility index (Phi) is 7.32. The van der Waals surface area contributed by atoms with E-state index in [0.717, 1.165) is 22.6 Å². The Bertz CT molecular complexity index is 991. The highest BCUT2D eigenvalue weighted by atomic mass is 35.5. The molecule has 0 fully saturated rings. The molecule has 0 amide bonds. The van der Waals surface area contributed by atoms with Gasteiger partial charge >= 0.3 is 0 Å². The number of nitrogens with one attached hydrogen (secondary N) is 1. The largest absolute Gasteiger partial charge is 0.497 e. The molecule has 0 spiro atoms. The molecular formula is C21H22ClN3O3S. The third-order valence-corrected chi connectivity index (χ3v) is 4.89. The average molecular weight is 432 g/mol. The molecular weight excluding hydrogens is 410 g/mol. The molecule has 0 radical (unpaired) electrons. The minimum absolute atomic E-state index is 0.480. The molecule has 1 heterocycles. The van der Waals surface area contributed by atoms with Crippen molar-refractivity contribution in [2.75, 3.05) is 25.7 Å². The predicted molar refractivity (Wildman–Crippen MR) is 119 cm³/mol. The summed E-state index contributed by atoms with van der Waals surface area (Å²) < 4.78 is 16.5. The number of hydrogen-bond acceptors (Lipinski definition) is 7. The minimum atomic E-state index is 0.480. The molecule has 0 bridgehead atoms. The van der Waals surface area contributed by atoms with Gasteiger partial charge in [0.05, 0.1) is 37.3 Å². The number of hydrogen-bond donors (Lipinski definition) is 1. The van der Waals surface area contributed by atoms with E-state index in [-0.39, 0.29) is 0 Å². The quantitative estimate of drug-likeness (QED) is 0.347. The number of benzene rings is 2. The fraction of sp³-hybridized carbons (Fsp3) is 0.238. The highest BCUT2D eigenvalue weighted by Gasteiger charge is 2.11. The number of aromatic nitrogens is 1. The van der Waals surface area contributed by atoms with Crippen LogP contribution in [0.4, 0.5) is 5.13 Å². The molecule has 29 heavy (non-hydrogen) atoms. The summed E-state index contributed by atoms with van der Waals surface area (Å²) in [5.74, 6) is 1.93. The second kappa shape index (κ2) is 10.1. The van der Waals surface area contributed by atoms with Gasteiger partial charge in [0.2, 0.25) is 5.13 Å². The first-order valence-corrected chi connectivity index (χ1v) is 10.4. The molecule has 0 aliphatic carbocycles. The van der Waals surface area contributed by atoms with Crippen molar-refractivity contribution >= 4 is 34.3 Å². The van der Waals surface area contributed by atoms with Crippen molar-refractivity contribution in [1.82, 2.24) is 4.98 Å². The van der Waals surface area contributed by atoms with E-state index in [2.05, 4.69) is 15.5 Å². The molecule has 1 aromatic heterocycles. The van der Waals surface area contributed by atoms with Gasteiger partial charge in [-0.2, -0.15) is 5.10 Å². The molecule has 1 N–H and O–H groups in total. The highest BCUT2D eigenvalue weighted by molar-refractivity contribution is 7.14. The standard InChI is InChI=1S/C21H22ClN3O3S/c1-4-27-19-10-14(9-17(22)20(19)28-5-2)12-23-25-21-24-18(13-29-21)15-7-6-8-16(11-15)26-3/h6-13H,4-5H2,1-3H3,(H,24,25)/b23-12-. The summed E-state index contributed by atoms with van der Waals surface area (Å²) in [7, 11) is 1.64. The SMILES string of the molecule is CCOc1cc(/C=N\Nc2nc(-c3cccc(OC)c3)cs2)cc(Cl)c1OCC. The lowest BCUT2D eigenvalue weighted by molar-refractivity contribution is 0.288. The summed E-state index contributed by atoms with van der Waals surface area (Å²) in [5.41, 5.74) is 5.58. The van der Waals surface area contributed by atoms with E-state index in [4.69, 9.17) is 25.8 Å². The van der Waals surface area contributed by atoms with Crippen molar-refractivity contribution in [3.8, 4) is 28.5 Å². The lowest BCUT2D eigenvalue weighted by atomic mass is 10.2. The third-order valence-electron chi connectivity index (χ3n) is 3.86. The van der Waals surface area contributed by atoms with Gasteiger partial charge in [0, 0.05) is 10.9 Å². The lowest BCUT2D eigenvalue weighted by Gasteiger charge is -2.13. The number of anilines is 1. The van der Waals surface area contributed by atoms with E-state index in [1.807, 2.05) is 49.6 Å². The molecule has 152 valence electrons. The maximum Gasteiger partial charge on any atom is 0.203 e. The zero-order valence-corrected chi connectivity index (χ0v) is 18.0. The normalized spacial score (nSPS) is 10.9. The summed E-state index contributed by atoms with van der Waals surface area (Å²) >= 11 is 7.80. The van der Waals surface area contributed by atoms with Crippen molar-refractivity contribution in [2.24, 2.45) is 5.10 Å². The van der Waals surface area contributed by atoms with E-state index in [9.17, 15) is 0 Å². The van der Waals surface area contributed by atoms with Crippen LogP contribution in [0.5, 0.6) is 17.2 Å². The van der Waals surface area contributed by atoms with E-state index < -0.39 is 0 Å². The van der Waals surface area contributed by atoms with Crippen molar-refractivity contribution in [3.63, 3.8) is 0 Å². The fourth-order valence-electron chi connectivity index (χ4n) is 2.61. The molecule has 0 atom stereocenters. The average Bonchev–Trinajstić information content (AvgIpc) is 3.20. The molecule has 0 unspecified atom stereocenters. The molecule has 3 aromatic rings. The zero-order valence-electron chi connectivity index (χ0n) is 16.4. The number of thiazole rings is 1. The van der Waals surface area contributed by atoms with Gasteiger partial charge in [0.25, 0.3) is 0 Å². The number of hydrazone groups is 1. The van der Waals surface area contributed by atoms with E-state index in [1.165, 1.54) is 11.3 Å². The van der Waals surface area contributed by atoms with Crippen LogP contribution in [0.2, 0.25) is 5.02 Å². The molecule has 3 rings (SSSR count). The summed E-state index contributed by atoms with van der Waals surface area (Å²) in [6, 6.07) is 11.4. The van der Waals surface area contributed by atoms with Gasteiger partial charge in [-0.3, -0.25) is 5.43 Å². The molecule has 0 saturated heterocycles. The fourth-order valence-corrected chi connectivity index (χ4v) is 3.55. The molecule has 0 saturated carbocycles. The molecule has 8 heteroatoms. The van der Waals surface area contributed by atoms with Crippen LogP contribution in [0.25, 0.3) is 11.3 Å². The highest BCUT2D eigenvalue weighted by Crippen LogP contribution is 2.36. The van der Waals surface area contributed by atoms with Gasteiger partial charge < -0.3 is 14.2 Å². The van der Waals surface area contributed by atoms with Gasteiger partial charge in [0.1, 0.15) is 5.75 Å². The van der Waals surface area contributed by atoms with Crippen LogP contribution in [0.3, 0.4) is 0 Å². The monoisotopic (exact) mass is 431 g/mol. The minimum Gasteiger partial charge on any atom is -0.497 e. The third kappa shape index (κ3) is 5.40. The summed E-state index contributed by atoms with van der Waals surface area (Å²) in [5, 5.41) is 7.39. The first-order valence-electron chi connectivity index (χ1n) is 9.12. The van der Waals surface area contributed by atoms with E-state index in [1.54, 1.807) is 19.4 Å². The number of ether oxygens (including phenoxy) is 3. The van der Waals surface area contributed by atoms with Gasteiger partial charge in [-0.1, -0.05) is 23.7 Å². The first-order chi connectivity index (χ1) is 14.1. The van der Waals surface area contributed by atoms with Gasteiger partial charge in [-0.15, -0.1) is 11.3 Å². The Labute approximate surface area is 179 Å². The number of methoxy groups -OCH3 is 1. The van der Waals surface area contributed by atoms with Crippen LogP contribution in [0, 0.1) is 0 Å². The van der Waals surface area contributed by atoms with Gasteiger partial charge in [-0.25, -0.2) is 4.98 Å². The number of rotatable bonds is 9. The van der Waals surface area contributed by atoms with Crippen molar-refractivity contribution in [2.45, 2.75) is 13.8 Å². The van der Waals surface area contributed by atoms with Crippen molar-refractivity contribution < 1.29 is 14.2 Å². The van der Waals surface area contributed by atoms with Crippen LogP contribution in [-0.4, -0.2) is 31.5 Å². The van der Waals surface area contributed by atoms with Gasteiger partial charge in [0.15, 0.2) is 11.5 Å². The van der Waals surface area contributed by atoms with Crippen LogP contribution < -0.4 is 19.6 Å². The summed E-state index contributed by atoms with van der Waals surface area (Å²) in [4.78, 5) is 4.56. The Morgan fingerprint density at radius 2 is 2.00 bits per heavy atom. The Hall–Kier alpha value is -2.77. The number of halogens is 1. The Morgan fingerprint density at radius 1 is 1.17 bits per heavy atom. The first kappa shape index (κ1) is 21.0. The van der Waals surface area contributed by atoms with E-state index in [0.29, 0.717) is 34.9 Å². The zero-order chi connectivity index (χ0) is 20.6. The van der Waals surface area contributed by atoms with Crippen LogP contribution in [0.1, 0.15) is 19.4 Å². The van der Waals surface area contributed by atoms with Gasteiger partial charge in [-0.05, 0) is 43.7 Å². The molecule has 0 aliphatic heterocycles. The maximum atomic E-state index is 6.33. The smallest absolute Gasteiger partial charge is 0.203 e. The predicted octanol–water partition coefficient (Wildman–Crippen LogP) is 5.72. The topological polar surface area (TPSA) is 65.0 Å². The second-order valence-corrected chi connectivity index (χ2v) is 7.10. The van der Waals surface area contributed by atoms with Crippen molar-refractivity contribution in [1.29, 1.82) is 0 Å². The van der Waals surface area contributed by atoms with E-state index >= 15 is 0 Å². The van der Waals surface area contributed by atoms with Crippen molar-refractivity contribution in [3.05, 3.63) is 52.4 Å².